The Morgan fingerprint density at radius 1 is 1.15 bits per heavy atom. The second kappa shape index (κ2) is 7.99. The highest BCUT2D eigenvalue weighted by molar-refractivity contribution is 5.94. The van der Waals surface area contributed by atoms with Crippen molar-refractivity contribution >= 4 is 17.6 Å². The molecular weight excluding hydrogens is 333 g/mol. The average Bonchev–Trinajstić information content (AvgIpc) is 3.46. The Labute approximate surface area is 152 Å². The van der Waals surface area contributed by atoms with Crippen molar-refractivity contribution in [3.8, 4) is 0 Å². The van der Waals surface area contributed by atoms with Crippen LogP contribution in [0.4, 0.5) is 14.9 Å². The molecule has 3 rings (SSSR count). The van der Waals surface area contributed by atoms with Gasteiger partial charge in [-0.1, -0.05) is 24.3 Å². The summed E-state index contributed by atoms with van der Waals surface area (Å²) in [4.78, 5) is 23.9. The van der Waals surface area contributed by atoms with Gasteiger partial charge in [0.1, 0.15) is 5.82 Å². The zero-order valence-corrected chi connectivity index (χ0v) is 14.6. The van der Waals surface area contributed by atoms with E-state index < -0.39 is 0 Å². The number of halogens is 1. The lowest BCUT2D eigenvalue weighted by molar-refractivity contribution is -0.117. The van der Waals surface area contributed by atoms with E-state index in [2.05, 4.69) is 16.0 Å². The van der Waals surface area contributed by atoms with E-state index in [9.17, 15) is 14.0 Å². The van der Waals surface area contributed by atoms with Gasteiger partial charge in [-0.25, -0.2) is 9.18 Å². The Hall–Kier alpha value is -2.89. The van der Waals surface area contributed by atoms with Crippen molar-refractivity contribution < 1.29 is 14.0 Å². The van der Waals surface area contributed by atoms with Gasteiger partial charge in [0.25, 0.3) is 0 Å². The zero-order chi connectivity index (χ0) is 18.5. The number of hydrogen-bond acceptors (Lipinski definition) is 2. The third-order valence-corrected chi connectivity index (χ3v) is 4.31. The molecule has 1 atom stereocenters. The molecular formula is C20H22FN3O2. The Kier molecular flexibility index (Phi) is 5.51. The molecule has 1 aliphatic rings. The zero-order valence-electron chi connectivity index (χ0n) is 14.6. The largest absolute Gasteiger partial charge is 0.334 e. The van der Waals surface area contributed by atoms with Gasteiger partial charge < -0.3 is 16.0 Å². The van der Waals surface area contributed by atoms with Crippen molar-refractivity contribution in [2.24, 2.45) is 5.92 Å². The predicted molar refractivity (Wildman–Crippen MR) is 98.0 cm³/mol. The van der Waals surface area contributed by atoms with Crippen LogP contribution in [0.2, 0.25) is 0 Å². The first kappa shape index (κ1) is 17.9. The summed E-state index contributed by atoms with van der Waals surface area (Å²) in [7, 11) is 0. The number of carbonyl (C=O) groups is 2. The summed E-state index contributed by atoms with van der Waals surface area (Å²) in [5.41, 5.74) is 2.45. The highest BCUT2D eigenvalue weighted by Gasteiger charge is 2.29. The van der Waals surface area contributed by atoms with Crippen molar-refractivity contribution in [2.45, 2.75) is 32.4 Å². The van der Waals surface area contributed by atoms with E-state index in [-0.39, 0.29) is 29.7 Å². The number of amides is 3. The second-order valence-electron chi connectivity index (χ2n) is 6.56. The highest BCUT2D eigenvalue weighted by Crippen LogP contribution is 2.30. The smallest absolute Gasteiger partial charge is 0.315 e. The van der Waals surface area contributed by atoms with Gasteiger partial charge in [-0.05, 0) is 55.2 Å². The fraction of sp³-hybridized carbons (Fsp3) is 0.300. The van der Waals surface area contributed by atoms with E-state index in [1.165, 1.54) is 12.1 Å². The summed E-state index contributed by atoms with van der Waals surface area (Å²) in [6, 6.07) is 12.9. The lowest BCUT2D eigenvalue weighted by atomic mass is 10.1. The summed E-state index contributed by atoms with van der Waals surface area (Å²) in [5.74, 6) is -0.101. The normalized spacial score (nSPS) is 14.4. The Bertz CT molecular complexity index is 788. The van der Waals surface area contributed by atoms with Crippen LogP contribution in [-0.2, 0) is 11.3 Å². The van der Waals surface area contributed by atoms with Crippen LogP contribution in [0, 0.1) is 11.7 Å². The molecule has 0 heterocycles. The summed E-state index contributed by atoms with van der Waals surface area (Å²) < 4.78 is 13.0. The minimum absolute atomic E-state index is 0.0565. The molecule has 3 N–H and O–H groups in total. The molecule has 0 spiro atoms. The van der Waals surface area contributed by atoms with Crippen LogP contribution in [0.25, 0.3) is 0 Å². The minimum atomic E-state index is -0.311. The van der Waals surface area contributed by atoms with Crippen LogP contribution >= 0.6 is 0 Å². The Morgan fingerprint density at radius 3 is 2.58 bits per heavy atom. The van der Waals surface area contributed by atoms with Crippen molar-refractivity contribution in [3.05, 3.63) is 65.5 Å². The number of urea groups is 1. The number of nitrogens with one attached hydrogen (secondary N) is 3. The fourth-order valence-corrected chi connectivity index (χ4v) is 2.61. The van der Waals surface area contributed by atoms with Crippen molar-refractivity contribution in [1.82, 2.24) is 10.6 Å². The molecule has 2 aromatic rings. The van der Waals surface area contributed by atoms with Gasteiger partial charge in [0.2, 0.25) is 5.91 Å². The molecule has 0 unspecified atom stereocenters. The van der Waals surface area contributed by atoms with Crippen LogP contribution < -0.4 is 16.0 Å². The van der Waals surface area contributed by atoms with Gasteiger partial charge in [0.05, 0.1) is 6.04 Å². The first-order valence-corrected chi connectivity index (χ1v) is 8.71. The SMILES string of the molecule is C[C@@H](NC(=O)NCc1cccc(NC(=O)C2CC2)c1)c1ccc(F)cc1. The lowest BCUT2D eigenvalue weighted by Gasteiger charge is -2.15. The standard InChI is InChI=1S/C20H22FN3O2/c1-13(15-7-9-17(21)10-8-15)23-20(26)22-12-14-3-2-4-18(11-14)24-19(25)16-5-6-16/h2-4,7-11,13,16H,5-6,12H2,1H3,(H,24,25)(H2,22,23,26)/t13-/m1/s1. The lowest BCUT2D eigenvalue weighted by Crippen LogP contribution is -2.36. The predicted octanol–water partition coefficient (Wildman–Crippen LogP) is 3.73. The summed E-state index contributed by atoms with van der Waals surface area (Å²) >= 11 is 0. The average molecular weight is 355 g/mol. The monoisotopic (exact) mass is 355 g/mol. The van der Waals surface area contributed by atoms with Gasteiger partial charge in [0.15, 0.2) is 0 Å². The van der Waals surface area contributed by atoms with Gasteiger partial charge in [-0.3, -0.25) is 4.79 Å². The molecule has 0 aromatic heterocycles. The van der Waals surface area contributed by atoms with Crippen LogP contribution in [0.5, 0.6) is 0 Å². The number of benzene rings is 2. The van der Waals surface area contributed by atoms with E-state index in [1.54, 1.807) is 12.1 Å². The number of rotatable bonds is 6. The molecule has 0 bridgehead atoms. The van der Waals surface area contributed by atoms with E-state index in [1.807, 2.05) is 31.2 Å². The maximum absolute atomic E-state index is 13.0. The summed E-state index contributed by atoms with van der Waals surface area (Å²) in [6.45, 7) is 2.18. The quantitative estimate of drug-likeness (QED) is 0.739. The van der Waals surface area contributed by atoms with Crippen LogP contribution in [0.1, 0.15) is 36.9 Å². The molecule has 2 aromatic carbocycles. The third kappa shape index (κ3) is 5.05. The minimum Gasteiger partial charge on any atom is -0.334 e. The fourth-order valence-electron chi connectivity index (χ4n) is 2.61. The van der Waals surface area contributed by atoms with Gasteiger partial charge in [-0.15, -0.1) is 0 Å². The third-order valence-electron chi connectivity index (χ3n) is 4.31. The topological polar surface area (TPSA) is 70.2 Å². The molecule has 1 saturated carbocycles. The van der Waals surface area contributed by atoms with Crippen molar-refractivity contribution in [1.29, 1.82) is 0 Å². The van der Waals surface area contributed by atoms with Crippen LogP contribution in [0.3, 0.4) is 0 Å². The molecule has 0 saturated heterocycles. The molecule has 6 heteroatoms. The Balaban J connectivity index is 1.49. The molecule has 26 heavy (non-hydrogen) atoms. The number of anilines is 1. The molecule has 1 aliphatic carbocycles. The summed E-state index contributed by atoms with van der Waals surface area (Å²) in [6.07, 6.45) is 1.92. The molecule has 0 radical (unpaired) electrons. The van der Waals surface area contributed by atoms with Gasteiger partial charge in [0, 0.05) is 18.2 Å². The molecule has 136 valence electrons. The van der Waals surface area contributed by atoms with Crippen LogP contribution in [-0.4, -0.2) is 11.9 Å². The van der Waals surface area contributed by atoms with E-state index in [4.69, 9.17) is 0 Å². The van der Waals surface area contributed by atoms with Crippen LogP contribution in [0.15, 0.2) is 48.5 Å². The maximum atomic E-state index is 13.0. The molecule has 0 aliphatic heterocycles. The molecule has 3 amide bonds. The number of carbonyl (C=O) groups excluding carboxylic acids is 2. The highest BCUT2D eigenvalue weighted by atomic mass is 19.1. The van der Waals surface area contributed by atoms with E-state index in [0.29, 0.717) is 6.54 Å². The van der Waals surface area contributed by atoms with E-state index >= 15 is 0 Å². The van der Waals surface area contributed by atoms with Gasteiger partial charge >= 0.3 is 6.03 Å². The first-order chi connectivity index (χ1) is 12.5. The molecule has 5 nitrogen and oxygen atoms in total. The second-order valence-corrected chi connectivity index (χ2v) is 6.56. The van der Waals surface area contributed by atoms with E-state index in [0.717, 1.165) is 29.7 Å². The maximum Gasteiger partial charge on any atom is 0.315 e. The first-order valence-electron chi connectivity index (χ1n) is 8.71. The van der Waals surface area contributed by atoms with Crippen molar-refractivity contribution in [3.63, 3.8) is 0 Å². The summed E-state index contributed by atoms with van der Waals surface area (Å²) in [5, 5.41) is 8.50. The molecule has 1 fully saturated rings. The number of hydrogen-bond donors (Lipinski definition) is 3. The van der Waals surface area contributed by atoms with Gasteiger partial charge in [-0.2, -0.15) is 0 Å². The van der Waals surface area contributed by atoms with Crippen molar-refractivity contribution in [2.75, 3.05) is 5.32 Å². The Morgan fingerprint density at radius 2 is 1.88 bits per heavy atom.